The topological polar surface area (TPSA) is 46.2 Å². The Morgan fingerprint density at radius 2 is 2.24 bits per heavy atom. The molecule has 0 saturated carbocycles. The van der Waals surface area contributed by atoms with Crippen LogP contribution >= 0.6 is 11.3 Å². The third kappa shape index (κ3) is 2.57. The minimum absolute atomic E-state index is 0.0717. The summed E-state index contributed by atoms with van der Waals surface area (Å²) in [6.45, 7) is 3.55. The minimum atomic E-state index is -0.385. The number of carbonyl (C=O) groups is 2. The van der Waals surface area contributed by atoms with Crippen molar-refractivity contribution >= 4 is 23.0 Å². The van der Waals surface area contributed by atoms with Gasteiger partial charge in [-0.25, -0.2) is 0 Å². The van der Waals surface area contributed by atoms with E-state index in [2.05, 4.69) is 5.32 Å². The van der Waals surface area contributed by atoms with Crippen molar-refractivity contribution < 1.29 is 9.59 Å². The summed E-state index contributed by atoms with van der Waals surface area (Å²) in [6.07, 6.45) is 3.84. The van der Waals surface area contributed by atoms with Gasteiger partial charge < -0.3 is 5.32 Å². The van der Waals surface area contributed by atoms with Gasteiger partial charge in [-0.1, -0.05) is 6.92 Å². The predicted molar refractivity (Wildman–Crippen MR) is 68.6 cm³/mol. The average molecular weight is 251 g/mol. The highest BCUT2D eigenvalue weighted by Gasteiger charge is 2.20. The quantitative estimate of drug-likeness (QED) is 0.892. The molecule has 4 heteroatoms. The van der Waals surface area contributed by atoms with Gasteiger partial charge in [0.2, 0.25) is 0 Å². The molecule has 1 aliphatic carbocycles. The summed E-state index contributed by atoms with van der Waals surface area (Å²) >= 11 is 1.57. The van der Waals surface area contributed by atoms with E-state index in [1.807, 2.05) is 13.0 Å². The Balaban J connectivity index is 2.02. The van der Waals surface area contributed by atoms with Crippen molar-refractivity contribution in [2.75, 3.05) is 0 Å². The Bertz CT molecular complexity index is 429. The molecule has 1 aliphatic rings. The summed E-state index contributed by atoms with van der Waals surface area (Å²) in [5.74, 6) is -0.0406. The van der Waals surface area contributed by atoms with Gasteiger partial charge in [0, 0.05) is 11.3 Å². The van der Waals surface area contributed by atoms with Crippen LogP contribution in [0.15, 0.2) is 6.07 Å². The molecule has 1 aromatic heterocycles. The maximum absolute atomic E-state index is 11.9. The van der Waals surface area contributed by atoms with Gasteiger partial charge in [0.1, 0.15) is 0 Å². The summed E-state index contributed by atoms with van der Waals surface area (Å²) in [6, 6.07) is 1.59. The lowest BCUT2D eigenvalue weighted by Crippen LogP contribution is -2.37. The summed E-state index contributed by atoms with van der Waals surface area (Å²) in [4.78, 5) is 25.4. The number of carbonyl (C=O) groups excluding carboxylic acids is 2. The van der Waals surface area contributed by atoms with Crippen LogP contribution in [0, 0.1) is 0 Å². The van der Waals surface area contributed by atoms with E-state index in [1.54, 1.807) is 18.3 Å². The van der Waals surface area contributed by atoms with Crippen LogP contribution in [0.2, 0.25) is 0 Å². The van der Waals surface area contributed by atoms with Crippen LogP contribution < -0.4 is 5.32 Å². The Kier molecular flexibility index (Phi) is 3.62. The number of thiophene rings is 1. The zero-order valence-corrected chi connectivity index (χ0v) is 11.0. The summed E-state index contributed by atoms with van der Waals surface area (Å²) in [5.41, 5.74) is 1.31. The first kappa shape index (κ1) is 12.3. The summed E-state index contributed by atoms with van der Waals surface area (Å²) in [5, 5.41) is 2.76. The molecule has 1 atom stereocenters. The Labute approximate surface area is 105 Å². The Morgan fingerprint density at radius 1 is 1.47 bits per heavy atom. The molecule has 1 heterocycles. The highest BCUT2D eigenvalue weighted by molar-refractivity contribution is 7.14. The van der Waals surface area contributed by atoms with E-state index in [0.29, 0.717) is 6.42 Å². The molecule has 0 aliphatic heterocycles. The number of aryl methyl sites for hydroxylation is 2. The molecule has 0 fully saturated rings. The standard InChI is InChI=1S/C13H17NO2S/c1-3-10(15)8(2)14-13(16)12-7-9-5-4-6-11(9)17-12/h7-8H,3-6H2,1-2H3,(H,14,16). The fourth-order valence-electron chi connectivity index (χ4n) is 2.10. The number of hydrogen-bond acceptors (Lipinski definition) is 3. The lowest BCUT2D eigenvalue weighted by atomic mass is 10.1. The van der Waals surface area contributed by atoms with Gasteiger partial charge in [0.05, 0.1) is 10.9 Å². The van der Waals surface area contributed by atoms with Crippen LogP contribution in [0.3, 0.4) is 0 Å². The lowest BCUT2D eigenvalue weighted by Gasteiger charge is -2.10. The number of amides is 1. The molecule has 3 nitrogen and oxygen atoms in total. The zero-order chi connectivity index (χ0) is 12.4. The highest BCUT2D eigenvalue weighted by Crippen LogP contribution is 2.30. The second kappa shape index (κ2) is 5.00. The number of fused-ring (bicyclic) bond motifs is 1. The molecule has 17 heavy (non-hydrogen) atoms. The molecule has 1 N–H and O–H groups in total. The van der Waals surface area contributed by atoms with E-state index in [0.717, 1.165) is 17.7 Å². The minimum Gasteiger partial charge on any atom is -0.342 e. The molecule has 1 amide bonds. The maximum atomic E-state index is 11.9. The van der Waals surface area contributed by atoms with Crippen molar-refractivity contribution in [2.45, 2.75) is 45.6 Å². The van der Waals surface area contributed by atoms with Gasteiger partial charge in [0.15, 0.2) is 5.78 Å². The molecule has 1 unspecified atom stereocenters. The van der Waals surface area contributed by atoms with Crippen LogP contribution in [0.4, 0.5) is 0 Å². The summed E-state index contributed by atoms with van der Waals surface area (Å²) in [7, 11) is 0. The fourth-order valence-corrected chi connectivity index (χ4v) is 3.25. The molecule has 92 valence electrons. The second-order valence-electron chi connectivity index (χ2n) is 4.43. The monoisotopic (exact) mass is 251 g/mol. The zero-order valence-electron chi connectivity index (χ0n) is 10.2. The SMILES string of the molecule is CCC(=O)C(C)NC(=O)c1cc2c(s1)CCC2. The van der Waals surface area contributed by atoms with Crippen LogP contribution in [-0.4, -0.2) is 17.7 Å². The van der Waals surface area contributed by atoms with Crippen molar-refractivity contribution in [2.24, 2.45) is 0 Å². The van der Waals surface area contributed by atoms with Gasteiger partial charge in [0.25, 0.3) is 5.91 Å². The van der Waals surface area contributed by atoms with E-state index >= 15 is 0 Å². The van der Waals surface area contributed by atoms with Crippen molar-refractivity contribution in [3.05, 3.63) is 21.4 Å². The van der Waals surface area contributed by atoms with Gasteiger partial charge in [-0.05, 0) is 37.8 Å². The molecule has 1 aromatic rings. The number of rotatable bonds is 4. The second-order valence-corrected chi connectivity index (χ2v) is 5.56. The molecular weight excluding hydrogens is 234 g/mol. The van der Waals surface area contributed by atoms with E-state index in [1.165, 1.54) is 16.9 Å². The molecule has 0 radical (unpaired) electrons. The van der Waals surface area contributed by atoms with E-state index in [-0.39, 0.29) is 17.7 Å². The number of hydrogen-bond donors (Lipinski definition) is 1. The first-order chi connectivity index (χ1) is 8.11. The normalized spacial score (nSPS) is 15.4. The first-order valence-corrected chi connectivity index (χ1v) is 6.88. The third-order valence-electron chi connectivity index (χ3n) is 3.15. The molecule has 0 bridgehead atoms. The number of nitrogens with one attached hydrogen (secondary N) is 1. The largest absolute Gasteiger partial charge is 0.342 e. The van der Waals surface area contributed by atoms with Crippen molar-refractivity contribution in [3.63, 3.8) is 0 Å². The molecule has 0 saturated heterocycles. The van der Waals surface area contributed by atoms with Crippen LogP contribution in [0.5, 0.6) is 0 Å². The lowest BCUT2D eigenvalue weighted by molar-refractivity contribution is -0.120. The van der Waals surface area contributed by atoms with Gasteiger partial charge in [-0.2, -0.15) is 0 Å². The van der Waals surface area contributed by atoms with E-state index < -0.39 is 0 Å². The number of ketones is 1. The number of Topliss-reactive ketones (excluding diaryl/α,β-unsaturated/α-hetero) is 1. The maximum Gasteiger partial charge on any atom is 0.261 e. The van der Waals surface area contributed by atoms with Crippen LogP contribution in [-0.2, 0) is 17.6 Å². The fraction of sp³-hybridized carbons (Fsp3) is 0.538. The van der Waals surface area contributed by atoms with Crippen LogP contribution in [0.25, 0.3) is 0 Å². The van der Waals surface area contributed by atoms with Gasteiger partial charge >= 0.3 is 0 Å². The highest BCUT2D eigenvalue weighted by atomic mass is 32.1. The Hall–Kier alpha value is -1.16. The molecule has 0 spiro atoms. The van der Waals surface area contributed by atoms with E-state index in [4.69, 9.17) is 0 Å². The average Bonchev–Trinajstić information content (AvgIpc) is 2.87. The smallest absolute Gasteiger partial charge is 0.261 e. The Morgan fingerprint density at radius 3 is 2.88 bits per heavy atom. The summed E-state index contributed by atoms with van der Waals surface area (Å²) < 4.78 is 0. The first-order valence-electron chi connectivity index (χ1n) is 6.07. The van der Waals surface area contributed by atoms with Crippen molar-refractivity contribution in [1.29, 1.82) is 0 Å². The molecule has 2 rings (SSSR count). The van der Waals surface area contributed by atoms with Gasteiger partial charge in [-0.15, -0.1) is 11.3 Å². The predicted octanol–water partition coefficient (Wildman–Crippen LogP) is 2.33. The molecule has 0 aromatic carbocycles. The van der Waals surface area contributed by atoms with Crippen molar-refractivity contribution in [1.82, 2.24) is 5.32 Å². The van der Waals surface area contributed by atoms with Gasteiger partial charge in [-0.3, -0.25) is 9.59 Å². The van der Waals surface area contributed by atoms with Crippen LogP contribution in [0.1, 0.15) is 46.8 Å². The van der Waals surface area contributed by atoms with Crippen molar-refractivity contribution in [3.8, 4) is 0 Å². The molecular formula is C13H17NO2S. The van der Waals surface area contributed by atoms with E-state index in [9.17, 15) is 9.59 Å². The third-order valence-corrected chi connectivity index (χ3v) is 4.39.